The highest BCUT2D eigenvalue weighted by atomic mass is 32.1. The van der Waals surface area contributed by atoms with E-state index < -0.39 is 5.60 Å². The van der Waals surface area contributed by atoms with Crippen molar-refractivity contribution in [1.29, 1.82) is 0 Å². The lowest BCUT2D eigenvalue weighted by atomic mass is 9.74. The van der Waals surface area contributed by atoms with Crippen LogP contribution in [0.15, 0.2) is 103 Å². The SMILES string of the molecule is O[C@](c1ccccc1)(c1cccs1)[C@H](c1ccccc1)c1ccccn1. The highest BCUT2D eigenvalue weighted by molar-refractivity contribution is 7.10. The highest BCUT2D eigenvalue weighted by Crippen LogP contribution is 2.47. The van der Waals surface area contributed by atoms with Crippen molar-refractivity contribution in [2.75, 3.05) is 0 Å². The van der Waals surface area contributed by atoms with Gasteiger partial charge in [-0.1, -0.05) is 72.8 Å². The molecule has 2 aromatic carbocycles. The summed E-state index contributed by atoms with van der Waals surface area (Å²) in [5.41, 5.74) is 1.54. The largest absolute Gasteiger partial charge is 0.378 e. The van der Waals surface area contributed by atoms with Gasteiger partial charge in [-0.15, -0.1) is 11.3 Å². The molecule has 0 aliphatic heterocycles. The molecule has 2 atom stereocenters. The molecule has 0 unspecified atom stereocenters. The molecular formula is C23H19NOS. The number of pyridine rings is 1. The number of rotatable bonds is 5. The lowest BCUT2D eigenvalue weighted by molar-refractivity contribution is 0.0650. The Kier molecular flexibility index (Phi) is 4.65. The molecule has 0 saturated carbocycles. The maximum absolute atomic E-state index is 12.2. The lowest BCUT2D eigenvalue weighted by Gasteiger charge is -2.36. The van der Waals surface area contributed by atoms with Crippen LogP contribution in [0.2, 0.25) is 0 Å². The van der Waals surface area contributed by atoms with Crippen LogP contribution in [0.1, 0.15) is 27.6 Å². The van der Waals surface area contributed by atoms with Crippen LogP contribution in [0, 0.1) is 0 Å². The van der Waals surface area contributed by atoms with E-state index in [-0.39, 0.29) is 5.92 Å². The highest BCUT2D eigenvalue weighted by Gasteiger charge is 2.43. The summed E-state index contributed by atoms with van der Waals surface area (Å²) in [6, 6.07) is 29.8. The second-order valence-corrected chi connectivity index (χ2v) is 7.16. The zero-order valence-corrected chi connectivity index (χ0v) is 15.0. The number of aromatic nitrogens is 1. The van der Waals surface area contributed by atoms with Gasteiger partial charge in [0.1, 0.15) is 5.60 Å². The quantitative estimate of drug-likeness (QED) is 0.532. The van der Waals surface area contributed by atoms with Gasteiger partial charge in [0.05, 0.1) is 11.6 Å². The predicted octanol–water partition coefficient (Wildman–Crippen LogP) is 5.21. The third-order valence-corrected chi connectivity index (χ3v) is 5.64. The van der Waals surface area contributed by atoms with Gasteiger partial charge in [-0.3, -0.25) is 4.98 Å². The van der Waals surface area contributed by atoms with E-state index in [0.29, 0.717) is 0 Å². The smallest absolute Gasteiger partial charge is 0.136 e. The summed E-state index contributed by atoms with van der Waals surface area (Å²) < 4.78 is 0. The molecule has 0 bridgehead atoms. The fourth-order valence-corrected chi connectivity index (χ4v) is 4.33. The minimum Gasteiger partial charge on any atom is -0.378 e. The van der Waals surface area contributed by atoms with E-state index >= 15 is 0 Å². The van der Waals surface area contributed by atoms with Crippen LogP contribution in [0.25, 0.3) is 0 Å². The number of hydrogen-bond acceptors (Lipinski definition) is 3. The van der Waals surface area contributed by atoms with Gasteiger partial charge in [-0.2, -0.15) is 0 Å². The molecule has 3 heteroatoms. The van der Waals surface area contributed by atoms with Crippen LogP contribution in [0.4, 0.5) is 0 Å². The minimum absolute atomic E-state index is 0.314. The van der Waals surface area contributed by atoms with Gasteiger partial charge < -0.3 is 5.11 Å². The molecule has 2 nitrogen and oxygen atoms in total. The van der Waals surface area contributed by atoms with Crippen molar-refractivity contribution in [2.45, 2.75) is 11.5 Å². The minimum atomic E-state index is -1.20. The average Bonchev–Trinajstić information content (AvgIpc) is 3.26. The van der Waals surface area contributed by atoms with Crippen LogP contribution in [-0.2, 0) is 5.60 Å². The van der Waals surface area contributed by atoms with Gasteiger partial charge in [0.25, 0.3) is 0 Å². The zero-order chi connectivity index (χ0) is 17.8. The van der Waals surface area contributed by atoms with Crippen molar-refractivity contribution in [3.8, 4) is 0 Å². The molecule has 0 radical (unpaired) electrons. The maximum Gasteiger partial charge on any atom is 0.136 e. The van der Waals surface area contributed by atoms with Crippen molar-refractivity contribution in [1.82, 2.24) is 4.98 Å². The Balaban J connectivity index is 1.99. The molecule has 4 aromatic rings. The molecule has 128 valence electrons. The Labute approximate surface area is 157 Å². The second kappa shape index (κ2) is 7.24. The summed E-state index contributed by atoms with van der Waals surface area (Å²) in [5.74, 6) is -0.314. The summed E-state index contributed by atoms with van der Waals surface area (Å²) in [6.45, 7) is 0. The second-order valence-electron chi connectivity index (χ2n) is 6.21. The Morgan fingerprint density at radius 1 is 0.769 bits per heavy atom. The molecule has 2 heterocycles. The monoisotopic (exact) mass is 357 g/mol. The van der Waals surface area contributed by atoms with E-state index in [1.165, 1.54) is 0 Å². The predicted molar refractivity (Wildman–Crippen MR) is 106 cm³/mol. The number of hydrogen-bond donors (Lipinski definition) is 1. The molecule has 0 aliphatic rings. The first kappa shape index (κ1) is 16.7. The van der Waals surface area contributed by atoms with Gasteiger partial charge in [-0.25, -0.2) is 0 Å². The van der Waals surface area contributed by atoms with Crippen molar-refractivity contribution in [3.05, 3.63) is 124 Å². The summed E-state index contributed by atoms with van der Waals surface area (Å²) in [7, 11) is 0. The van der Waals surface area contributed by atoms with Gasteiger partial charge in [0.15, 0.2) is 0 Å². The first-order chi connectivity index (χ1) is 12.8. The van der Waals surface area contributed by atoms with Gasteiger partial charge in [0, 0.05) is 11.1 Å². The molecule has 0 fully saturated rings. The van der Waals surface area contributed by atoms with E-state index in [1.54, 1.807) is 17.5 Å². The molecule has 0 amide bonds. The van der Waals surface area contributed by atoms with E-state index in [0.717, 1.165) is 21.7 Å². The Hall–Kier alpha value is -2.75. The van der Waals surface area contributed by atoms with Crippen molar-refractivity contribution < 1.29 is 5.11 Å². The van der Waals surface area contributed by atoms with Crippen LogP contribution < -0.4 is 0 Å². The Morgan fingerprint density at radius 3 is 2.08 bits per heavy atom. The molecule has 26 heavy (non-hydrogen) atoms. The molecule has 4 rings (SSSR count). The molecular weight excluding hydrogens is 338 g/mol. The van der Waals surface area contributed by atoms with E-state index in [4.69, 9.17) is 0 Å². The first-order valence-electron chi connectivity index (χ1n) is 8.58. The number of benzene rings is 2. The van der Waals surface area contributed by atoms with E-state index in [2.05, 4.69) is 17.1 Å². The zero-order valence-electron chi connectivity index (χ0n) is 14.2. The Morgan fingerprint density at radius 2 is 1.46 bits per heavy atom. The van der Waals surface area contributed by atoms with Gasteiger partial charge in [0.2, 0.25) is 0 Å². The molecule has 0 saturated heterocycles. The van der Waals surface area contributed by atoms with Crippen molar-refractivity contribution in [3.63, 3.8) is 0 Å². The van der Waals surface area contributed by atoms with Crippen LogP contribution >= 0.6 is 11.3 Å². The average molecular weight is 357 g/mol. The molecule has 0 aliphatic carbocycles. The normalized spacial score (nSPS) is 14.5. The number of thiophene rings is 1. The van der Waals surface area contributed by atoms with Gasteiger partial charge >= 0.3 is 0 Å². The van der Waals surface area contributed by atoms with Crippen LogP contribution in [-0.4, -0.2) is 10.1 Å². The third kappa shape index (κ3) is 2.96. The molecule has 1 N–H and O–H groups in total. The summed E-state index contributed by atoms with van der Waals surface area (Å²) in [6.07, 6.45) is 1.78. The van der Waals surface area contributed by atoms with E-state index in [9.17, 15) is 5.11 Å². The Bertz CT molecular complexity index is 900. The van der Waals surface area contributed by atoms with Gasteiger partial charge in [-0.05, 0) is 34.7 Å². The maximum atomic E-state index is 12.2. The fourth-order valence-electron chi connectivity index (χ4n) is 3.46. The third-order valence-electron chi connectivity index (χ3n) is 4.64. The van der Waals surface area contributed by atoms with Crippen molar-refractivity contribution >= 4 is 11.3 Å². The standard InChI is InChI=1S/C23H19NOS/c25-23(21-15-9-17-26-21,19-12-5-2-6-13-19)22(18-10-3-1-4-11-18)20-14-7-8-16-24-20/h1-17,22,25H/t22-,23-/m1/s1. The molecule has 0 spiro atoms. The topological polar surface area (TPSA) is 33.1 Å². The number of aliphatic hydroxyl groups is 1. The fraction of sp³-hybridized carbons (Fsp3) is 0.0870. The molecule has 2 aromatic heterocycles. The van der Waals surface area contributed by atoms with E-state index in [1.807, 2.05) is 84.2 Å². The summed E-state index contributed by atoms with van der Waals surface area (Å²) in [5, 5.41) is 14.2. The van der Waals surface area contributed by atoms with Crippen LogP contribution in [0.3, 0.4) is 0 Å². The number of nitrogens with zero attached hydrogens (tertiary/aromatic N) is 1. The van der Waals surface area contributed by atoms with Crippen LogP contribution in [0.5, 0.6) is 0 Å². The lowest BCUT2D eigenvalue weighted by Crippen LogP contribution is -2.35. The summed E-state index contributed by atoms with van der Waals surface area (Å²) >= 11 is 1.56. The first-order valence-corrected chi connectivity index (χ1v) is 9.46. The van der Waals surface area contributed by atoms with Crippen molar-refractivity contribution in [2.24, 2.45) is 0 Å². The summed E-state index contributed by atoms with van der Waals surface area (Å²) in [4.78, 5) is 5.51.